The summed E-state index contributed by atoms with van der Waals surface area (Å²) in [5.74, 6) is -0.434. The molecule has 0 spiro atoms. The molecule has 2 aliphatic rings. The number of hydrogen-bond donors (Lipinski definition) is 0. The Morgan fingerprint density at radius 2 is 1.46 bits per heavy atom. The maximum Gasteiger partial charge on any atom is 0.302 e. The lowest BCUT2D eigenvalue weighted by atomic mass is 9.79. The molecule has 0 radical (unpaired) electrons. The van der Waals surface area contributed by atoms with Crippen LogP contribution < -0.4 is 0 Å². The van der Waals surface area contributed by atoms with Crippen molar-refractivity contribution in [3.8, 4) is 0 Å². The number of unbranched alkanes of at least 4 members (excludes halogenated alkanes) is 11. The first-order valence-corrected chi connectivity index (χ1v) is 16.4. The summed E-state index contributed by atoms with van der Waals surface area (Å²) in [7, 11) is 0. The highest BCUT2D eigenvalue weighted by Crippen LogP contribution is 2.37. The van der Waals surface area contributed by atoms with Gasteiger partial charge in [0.15, 0.2) is 12.1 Å². The molecule has 2 aliphatic heterocycles. The quantitative estimate of drug-likeness (QED) is 0.0468. The zero-order chi connectivity index (χ0) is 30.3. The molecule has 0 aliphatic carbocycles. The molecule has 0 N–H and O–H groups in total. The van der Waals surface area contributed by atoms with Gasteiger partial charge in [-0.05, 0) is 37.6 Å². The van der Waals surface area contributed by atoms with E-state index < -0.39 is 18.1 Å². The number of nitrogens with zero attached hydrogens (tertiary/aromatic N) is 3. The average Bonchev–Trinajstić information content (AvgIpc) is 3.24. The van der Waals surface area contributed by atoms with E-state index in [1.165, 1.54) is 77.6 Å². The average molecular weight is 582 g/mol. The summed E-state index contributed by atoms with van der Waals surface area (Å²) in [6, 6.07) is -0.540. The first-order chi connectivity index (χ1) is 19.6. The number of azide groups is 1. The third-order valence-corrected chi connectivity index (χ3v) is 9.01. The Kier molecular flexibility index (Phi) is 16.6. The second kappa shape index (κ2) is 19.0. The molecule has 0 aromatic rings. The van der Waals surface area contributed by atoms with Crippen molar-refractivity contribution < 1.29 is 28.5 Å². The number of esters is 1. The summed E-state index contributed by atoms with van der Waals surface area (Å²) in [5.41, 5.74) is 9.36. The summed E-state index contributed by atoms with van der Waals surface area (Å²) in [6.45, 7) is 14.2. The van der Waals surface area contributed by atoms with Crippen LogP contribution in [0.2, 0.25) is 0 Å². The van der Waals surface area contributed by atoms with Crippen LogP contribution in [0, 0.1) is 17.8 Å². The molecular weight excluding hydrogens is 522 g/mol. The summed E-state index contributed by atoms with van der Waals surface area (Å²) in [6.07, 6.45) is 15.2. The van der Waals surface area contributed by atoms with Gasteiger partial charge in [0.2, 0.25) is 0 Å². The lowest BCUT2D eigenvalue weighted by Crippen LogP contribution is -2.49. The van der Waals surface area contributed by atoms with Crippen molar-refractivity contribution >= 4 is 5.97 Å². The van der Waals surface area contributed by atoms with Crippen LogP contribution >= 0.6 is 0 Å². The molecule has 0 aromatic heterocycles. The molecular formula is C32H59N3O6. The monoisotopic (exact) mass is 581 g/mol. The van der Waals surface area contributed by atoms with E-state index in [1.807, 2.05) is 13.8 Å². The molecule has 9 nitrogen and oxygen atoms in total. The normalized spacial score (nSPS) is 30.1. The van der Waals surface area contributed by atoms with Crippen LogP contribution in [0.1, 0.15) is 132 Å². The van der Waals surface area contributed by atoms with Crippen LogP contribution in [-0.4, -0.2) is 55.6 Å². The van der Waals surface area contributed by atoms with Gasteiger partial charge in [-0.3, -0.25) is 4.79 Å². The molecule has 2 fully saturated rings. The first kappa shape index (κ1) is 35.8. The lowest BCUT2D eigenvalue weighted by molar-refractivity contribution is -0.258. The highest BCUT2D eigenvalue weighted by Gasteiger charge is 2.46. The minimum absolute atomic E-state index is 0.124. The van der Waals surface area contributed by atoms with Gasteiger partial charge >= 0.3 is 5.97 Å². The van der Waals surface area contributed by atoms with Crippen molar-refractivity contribution in [2.45, 2.75) is 168 Å². The molecule has 2 rings (SSSR count). The summed E-state index contributed by atoms with van der Waals surface area (Å²) in [5, 5.41) is 4.08. The van der Waals surface area contributed by atoms with E-state index in [1.54, 1.807) is 0 Å². The molecule has 8 atom stereocenters. The molecule has 41 heavy (non-hydrogen) atoms. The standard InChI is InChI=1S/C32H59N3O6/c1-8-9-10-11-12-13-14-15-16-17-18-19-20-28-30(41-32(6,7)40-28)27(34-35-33)21-38-31-25(4)23(2)24(3)29(39-31)22-37-26(5)36/h23-25,27-31H,8-22H2,1-7H3/t23-,24-,25?,27-,28+,29?,30-,31-/m0/s1. The van der Waals surface area contributed by atoms with Gasteiger partial charge < -0.3 is 23.7 Å². The van der Waals surface area contributed by atoms with Crippen LogP contribution in [0.3, 0.4) is 0 Å². The number of rotatable bonds is 20. The van der Waals surface area contributed by atoms with Crippen molar-refractivity contribution in [3.05, 3.63) is 10.4 Å². The zero-order valence-corrected chi connectivity index (χ0v) is 27.0. The van der Waals surface area contributed by atoms with E-state index in [0.29, 0.717) is 5.92 Å². The fourth-order valence-electron chi connectivity index (χ4n) is 6.12. The van der Waals surface area contributed by atoms with Crippen LogP contribution in [-0.2, 0) is 28.5 Å². The third kappa shape index (κ3) is 12.8. The second-order valence-corrected chi connectivity index (χ2v) is 12.8. The highest BCUT2D eigenvalue weighted by molar-refractivity contribution is 5.65. The van der Waals surface area contributed by atoms with E-state index >= 15 is 0 Å². The lowest BCUT2D eigenvalue weighted by Gasteiger charge is -2.43. The molecule has 0 bridgehead atoms. The number of carbonyl (C=O) groups excluding carboxylic acids is 1. The van der Waals surface area contributed by atoms with Crippen molar-refractivity contribution in [1.29, 1.82) is 0 Å². The molecule has 0 amide bonds. The van der Waals surface area contributed by atoms with Gasteiger partial charge in [0, 0.05) is 17.8 Å². The topological polar surface area (TPSA) is 112 Å². The van der Waals surface area contributed by atoms with Gasteiger partial charge in [-0.1, -0.05) is 110 Å². The van der Waals surface area contributed by atoms with E-state index in [9.17, 15) is 10.3 Å². The molecule has 0 aromatic carbocycles. The van der Waals surface area contributed by atoms with Gasteiger partial charge in [0.1, 0.15) is 6.61 Å². The minimum Gasteiger partial charge on any atom is -0.463 e. The van der Waals surface area contributed by atoms with E-state index in [4.69, 9.17) is 23.7 Å². The van der Waals surface area contributed by atoms with Crippen LogP contribution in [0.5, 0.6) is 0 Å². The smallest absolute Gasteiger partial charge is 0.302 e. The van der Waals surface area contributed by atoms with Crippen molar-refractivity contribution in [3.63, 3.8) is 0 Å². The van der Waals surface area contributed by atoms with Gasteiger partial charge in [-0.25, -0.2) is 0 Å². The Morgan fingerprint density at radius 3 is 2.02 bits per heavy atom. The van der Waals surface area contributed by atoms with Crippen LogP contribution in [0.15, 0.2) is 5.11 Å². The highest BCUT2D eigenvalue weighted by atomic mass is 16.8. The van der Waals surface area contributed by atoms with Gasteiger partial charge in [0.25, 0.3) is 0 Å². The van der Waals surface area contributed by atoms with Crippen molar-refractivity contribution in [1.82, 2.24) is 0 Å². The third-order valence-electron chi connectivity index (χ3n) is 9.01. The molecule has 2 unspecified atom stereocenters. The molecule has 2 saturated heterocycles. The van der Waals surface area contributed by atoms with E-state index in [-0.39, 0.29) is 49.3 Å². The number of carbonyl (C=O) groups is 1. The Balaban J connectivity index is 1.82. The summed E-state index contributed by atoms with van der Waals surface area (Å²) in [4.78, 5) is 14.5. The fourth-order valence-corrected chi connectivity index (χ4v) is 6.12. The molecule has 2 heterocycles. The number of ether oxygens (including phenoxy) is 5. The molecule has 0 saturated carbocycles. The van der Waals surface area contributed by atoms with Crippen molar-refractivity contribution in [2.75, 3.05) is 13.2 Å². The maximum absolute atomic E-state index is 11.4. The Bertz CT molecular complexity index is 789. The van der Waals surface area contributed by atoms with Crippen molar-refractivity contribution in [2.24, 2.45) is 22.9 Å². The summed E-state index contributed by atoms with van der Waals surface area (Å²) < 4.78 is 30.2. The molecule has 238 valence electrons. The van der Waals surface area contributed by atoms with Gasteiger partial charge in [-0.15, -0.1) is 0 Å². The Morgan fingerprint density at radius 1 is 0.878 bits per heavy atom. The largest absolute Gasteiger partial charge is 0.463 e. The minimum atomic E-state index is -0.747. The maximum atomic E-state index is 11.4. The predicted molar refractivity (Wildman–Crippen MR) is 161 cm³/mol. The van der Waals surface area contributed by atoms with Crippen LogP contribution in [0.25, 0.3) is 10.4 Å². The second-order valence-electron chi connectivity index (χ2n) is 12.8. The van der Waals surface area contributed by atoms with E-state index in [0.717, 1.165) is 12.8 Å². The summed E-state index contributed by atoms with van der Waals surface area (Å²) >= 11 is 0. The van der Waals surface area contributed by atoms with E-state index in [2.05, 4.69) is 37.7 Å². The Labute approximate surface area is 249 Å². The van der Waals surface area contributed by atoms with Gasteiger partial charge in [-0.2, -0.15) is 0 Å². The van der Waals surface area contributed by atoms with Gasteiger partial charge in [0.05, 0.1) is 31.0 Å². The van der Waals surface area contributed by atoms with Crippen LogP contribution in [0.4, 0.5) is 0 Å². The Hall–Kier alpha value is -1.38. The fraction of sp³-hybridized carbons (Fsp3) is 0.969. The number of hydrogen-bond acceptors (Lipinski definition) is 7. The predicted octanol–water partition coefficient (Wildman–Crippen LogP) is 8.49. The first-order valence-electron chi connectivity index (χ1n) is 16.4. The molecule has 9 heteroatoms. The SMILES string of the molecule is CCCCCCCCCCCCCC[C@H]1OC(C)(C)O[C@H]1[C@H](CO[C@H]1OC(COC(C)=O)[C@@H](C)[C@H](C)C1C)N=[N+]=[N-]. The zero-order valence-electron chi connectivity index (χ0n) is 27.0.